The van der Waals surface area contributed by atoms with Gasteiger partial charge in [-0.05, 0) is 49.2 Å². The summed E-state index contributed by atoms with van der Waals surface area (Å²) in [7, 11) is 0. The topological polar surface area (TPSA) is 78.5 Å². The molecule has 6 nitrogen and oxygen atoms in total. The van der Waals surface area contributed by atoms with Crippen LogP contribution in [-0.2, 0) is 9.59 Å². The van der Waals surface area contributed by atoms with Crippen LogP contribution in [0.15, 0.2) is 48.5 Å². The van der Waals surface area contributed by atoms with Crippen LogP contribution in [0.1, 0.15) is 47.3 Å². The third-order valence-electron chi connectivity index (χ3n) is 4.44. The number of nitrogens with zero attached hydrogens (tertiary/aromatic N) is 1. The summed E-state index contributed by atoms with van der Waals surface area (Å²) in [6, 6.07) is 14.4. The van der Waals surface area contributed by atoms with Crippen LogP contribution < -0.4 is 15.8 Å². The Morgan fingerprint density at radius 3 is 2.46 bits per heavy atom. The van der Waals surface area contributed by atoms with Crippen molar-refractivity contribution in [3.05, 3.63) is 65.2 Å². The van der Waals surface area contributed by atoms with E-state index in [1.807, 2.05) is 38.1 Å². The maximum atomic E-state index is 12.5. The number of carbonyl (C=O) groups excluding carboxylic acids is 3. The molecule has 1 aliphatic heterocycles. The molecule has 0 saturated carbocycles. The summed E-state index contributed by atoms with van der Waals surface area (Å²) < 4.78 is 0. The Hall–Kier alpha value is -3.15. The molecule has 1 fully saturated rings. The van der Waals surface area contributed by atoms with Gasteiger partial charge in [0.2, 0.25) is 11.8 Å². The van der Waals surface area contributed by atoms with Gasteiger partial charge in [-0.1, -0.05) is 24.3 Å². The predicted octanol–water partition coefficient (Wildman–Crippen LogP) is 2.64. The second-order valence-corrected chi connectivity index (χ2v) is 6.36. The first-order valence-electron chi connectivity index (χ1n) is 8.54. The summed E-state index contributed by atoms with van der Waals surface area (Å²) in [6.07, 6.45) is 0.384. The molecule has 1 atom stereocenters. The number of hydrogen-bond donors (Lipinski definition) is 2. The van der Waals surface area contributed by atoms with Crippen molar-refractivity contribution >= 4 is 23.4 Å². The Morgan fingerprint density at radius 2 is 1.77 bits per heavy atom. The van der Waals surface area contributed by atoms with Crippen molar-refractivity contribution in [2.75, 3.05) is 5.01 Å². The van der Waals surface area contributed by atoms with Crippen molar-refractivity contribution in [1.29, 1.82) is 0 Å². The van der Waals surface area contributed by atoms with Gasteiger partial charge in [-0.3, -0.25) is 19.8 Å². The van der Waals surface area contributed by atoms with E-state index in [0.29, 0.717) is 11.3 Å². The molecular weight excluding hydrogens is 330 g/mol. The molecule has 0 aromatic heterocycles. The lowest BCUT2D eigenvalue weighted by Crippen LogP contribution is -2.50. The van der Waals surface area contributed by atoms with Crippen molar-refractivity contribution in [2.24, 2.45) is 0 Å². The molecule has 1 heterocycles. The monoisotopic (exact) mass is 351 g/mol. The lowest BCUT2D eigenvalue weighted by Gasteiger charge is -2.27. The van der Waals surface area contributed by atoms with E-state index in [1.165, 1.54) is 5.01 Å². The molecule has 0 spiro atoms. The molecule has 134 valence electrons. The van der Waals surface area contributed by atoms with E-state index in [1.54, 1.807) is 24.3 Å². The molecule has 6 heteroatoms. The quantitative estimate of drug-likeness (QED) is 0.889. The van der Waals surface area contributed by atoms with E-state index in [9.17, 15) is 14.4 Å². The first-order chi connectivity index (χ1) is 12.5. The Bertz CT molecular complexity index is 846. The number of nitrogens with one attached hydrogen (secondary N) is 2. The zero-order valence-electron chi connectivity index (χ0n) is 14.8. The maximum absolute atomic E-state index is 12.5. The highest BCUT2D eigenvalue weighted by molar-refractivity contribution is 6.01. The third kappa shape index (κ3) is 3.74. The molecular formula is C20H21N3O3. The van der Waals surface area contributed by atoms with Gasteiger partial charge in [-0.25, -0.2) is 5.01 Å². The molecule has 2 aromatic rings. The van der Waals surface area contributed by atoms with Gasteiger partial charge < -0.3 is 5.32 Å². The first kappa shape index (κ1) is 17.7. The van der Waals surface area contributed by atoms with E-state index in [0.717, 1.165) is 11.1 Å². The summed E-state index contributed by atoms with van der Waals surface area (Å²) in [5, 5.41) is 4.20. The lowest BCUT2D eigenvalue weighted by atomic mass is 10.0. The van der Waals surface area contributed by atoms with Crippen LogP contribution in [0.4, 0.5) is 5.69 Å². The van der Waals surface area contributed by atoms with E-state index < -0.39 is 0 Å². The smallest absolute Gasteiger partial charge is 0.251 e. The van der Waals surface area contributed by atoms with Crippen LogP contribution in [0.2, 0.25) is 0 Å². The van der Waals surface area contributed by atoms with Gasteiger partial charge in [0.15, 0.2) is 0 Å². The summed E-state index contributed by atoms with van der Waals surface area (Å²) in [5.74, 6) is -0.560. The van der Waals surface area contributed by atoms with E-state index >= 15 is 0 Å². The molecule has 3 rings (SSSR count). The number of hydrazine groups is 1. The number of hydrogen-bond acceptors (Lipinski definition) is 3. The van der Waals surface area contributed by atoms with Crippen molar-refractivity contribution in [1.82, 2.24) is 10.7 Å². The molecule has 3 amide bonds. The summed E-state index contributed by atoms with van der Waals surface area (Å²) >= 11 is 0. The van der Waals surface area contributed by atoms with Gasteiger partial charge >= 0.3 is 0 Å². The number of carbonyl (C=O) groups is 3. The van der Waals surface area contributed by atoms with Crippen LogP contribution >= 0.6 is 0 Å². The minimum Gasteiger partial charge on any atom is -0.346 e. The Labute approximate surface area is 152 Å². The minimum atomic E-state index is -0.196. The number of amides is 3. The van der Waals surface area contributed by atoms with Crippen LogP contribution in [0.5, 0.6) is 0 Å². The number of rotatable bonds is 4. The van der Waals surface area contributed by atoms with Gasteiger partial charge in [0.25, 0.3) is 5.91 Å². The average Bonchev–Trinajstić information content (AvgIpc) is 2.64. The van der Waals surface area contributed by atoms with E-state index in [-0.39, 0.29) is 36.6 Å². The zero-order valence-corrected chi connectivity index (χ0v) is 14.8. The molecule has 0 bridgehead atoms. The van der Waals surface area contributed by atoms with Crippen molar-refractivity contribution in [3.63, 3.8) is 0 Å². The molecule has 2 aromatic carbocycles. The molecule has 0 aliphatic carbocycles. The second-order valence-electron chi connectivity index (χ2n) is 6.36. The first-order valence-corrected chi connectivity index (χ1v) is 8.54. The average molecular weight is 351 g/mol. The standard InChI is InChI=1S/C20H21N3O3/c1-13-5-3-4-6-17(13)14(2)21-20(26)15-7-9-16(10-8-15)23-19(25)12-11-18(24)22-23/h3-10,14H,11-12H2,1-2H3,(H,21,26)(H,22,24)/t14-/m0/s1. The number of aryl methyl sites for hydroxylation is 1. The number of anilines is 1. The maximum Gasteiger partial charge on any atom is 0.251 e. The second kappa shape index (κ2) is 7.39. The van der Waals surface area contributed by atoms with Crippen molar-refractivity contribution in [2.45, 2.75) is 32.7 Å². The molecule has 1 aliphatic rings. The molecule has 26 heavy (non-hydrogen) atoms. The van der Waals surface area contributed by atoms with Gasteiger partial charge in [0.1, 0.15) is 0 Å². The highest BCUT2D eigenvalue weighted by atomic mass is 16.2. The number of benzene rings is 2. The van der Waals surface area contributed by atoms with Gasteiger partial charge in [-0.15, -0.1) is 0 Å². The predicted molar refractivity (Wildman–Crippen MR) is 98.4 cm³/mol. The Morgan fingerprint density at radius 1 is 1.08 bits per heavy atom. The summed E-state index contributed by atoms with van der Waals surface area (Å²) in [5.41, 5.74) is 5.75. The molecule has 2 N–H and O–H groups in total. The molecule has 0 unspecified atom stereocenters. The minimum absolute atomic E-state index is 0.119. The largest absolute Gasteiger partial charge is 0.346 e. The lowest BCUT2D eigenvalue weighted by molar-refractivity contribution is -0.130. The van der Waals surface area contributed by atoms with Crippen LogP contribution in [-0.4, -0.2) is 17.7 Å². The Kier molecular flexibility index (Phi) is 5.02. The molecule has 1 saturated heterocycles. The molecule has 0 radical (unpaired) electrons. The zero-order chi connectivity index (χ0) is 18.7. The summed E-state index contributed by atoms with van der Waals surface area (Å²) in [6.45, 7) is 3.95. The van der Waals surface area contributed by atoms with Gasteiger partial charge in [0, 0.05) is 18.4 Å². The van der Waals surface area contributed by atoms with E-state index in [2.05, 4.69) is 10.7 Å². The van der Waals surface area contributed by atoms with Crippen LogP contribution in [0.25, 0.3) is 0 Å². The van der Waals surface area contributed by atoms with Crippen molar-refractivity contribution < 1.29 is 14.4 Å². The highest BCUT2D eigenvalue weighted by Gasteiger charge is 2.24. The van der Waals surface area contributed by atoms with Gasteiger partial charge in [0.05, 0.1) is 11.7 Å². The van der Waals surface area contributed by atoms with Crippen molar-refractivity contribution in [3.8, 4) is 0 Å². The summed E-state index contributed by atoms with van der Waals surface area (Å²) in [4.78, 5) is 35.9. The highest BCUT2D eigenvalue weighted by Crippen LogP contribution is 2.20. The van der Waals surface area contributed by atoms with Gasteiger partial charge in [-0.2, -0.15) is 0 Å². The van der Waals surface area contributed by atoms with Crippen LogP contribution in [0.3, 0.4) is 0 Å². The third-order valence-corrected chi connectivity index (χ3v) is 4.44. The Balaban J connectivity index is 1.70. The fourth-order valence-electron chi connectivity index (χ4n) is 2.98. The SMILES string of the molecule is Cc1ccccc1[C@H](C)NC(=O)c1ccc(N2NC(=O)CCC2=O)cc1. The normalized spacial score (nSPS) is 15.4. The van der Waals surface area contributed by atoms with Crippen LogP contribution in [0, 0.1) is 6.92 Å². The fraction of sp³-hybridized carbons (Fsp3) is 0.250. The van der Waals surface area contributed by atoms with E-state index in [4.69, 9.17) is 0 Å². The fourth-order valence-corrected chi connectivity index (χ4v) is 2.98.